The van der Waals surface area contributed by atoms with E-state index < -0.39 is 0 Å². The monoisotopic (exact) mass is 141 g/mol. The van der Waals surface area contributed by atoms with E-state index in [4.69, 9.17) is 4.74 Å². The average Bonchev–Trinajstić information content (AvgIpc) is 1.99. The number of hydrogen-bond donors (Lipinski definition) is 0. The van der Waals surface area contributed by atoms with E-state index in [9.17, 15) is 4.79 Å². The van der Waals surface area contributed by atoms with Gasteiger partial charge in [0, 0.05) is 12.0 Å². The molecule has 0 aromatic heterocycles. The summed E-state index contributed by atoms with van der Waals surface area (Å²) in [6.07, 6.45) is 2.12. The van der Waals surface area contributed by atoms with Crippen LogP contribution in [0.1, 0.15) is 20.3 Å². The normalized spacial score (nSPS) is 9.50. The molecular formula is C8H13O2. The molecule has 0 saturated heterocycles. The van der Waals surface area contributed by atoms with Crippen molar-refractivity contribution in [2.24, 2.45) is 0 Å². The summed E-state index contributed by atoms with van der Waals surface area (Å²) >= 11 is 0. The minimum absolute atomic E-state index is 0.354. The zero-order chi connectivity index (χ0) is 7.98. The first-order valence-electron chi connectivity index (χ1n) is 3.31. The maximum Gasteiger partial charge on any atom is 0.330 e. The molecular weight excluding hydrogens is 128 g/mol. The SMILES string of the molecule is C=CC(=O)OC[C](C)CC. The molecule has 0 fully saturated rings. The molecule has 0 N–H and O–H groups in total. The number of hydrogen-bond acceptors (Lipinski definition) is 2. The lowest BCUT2D eigenvalue weighted by molar-refractivity contribution is -0.137. The Morgan fingerprint density at radius 2 is 2.30 bits per heavy atom. The molecule has 0 rings (SSSR count). The van der Waals surface area contributed by atoms with Crippen LogP contribution in [-0.4, -0.2) is 12.6 Å². The lowest BCUT2D eigenvalue weighted by Gasteiger charge is -2.06. The third-order valence-corrected chi connectivity index (χ3v) is 1.23. The highest BCUT2D eigenvalue weighted by atomic mass is 16.5. The predicted octanol–water partition coefficient (Wildman–Crippen LogP) is 1.72. The van der Waals surface area contributed by atoms with Crippen LogP contribution in [0.5, 0.6) is 0 Å². The van der Waals surface area contributed by atoms with E-state index in [1.54, 1.807) is 0 Å². The molecule has 0 aliphatic heterocycles. The summed E-state index contributed by atoms with van der Waals surface area (Å²) in [6.45, 7) is 7.68. The topological polar surface area (TPSA) is 26.3 Å². The molecule has 0 aliphatic rings. The summed E-state index contributed by atoms with van der Waals surface area (Å²) in [5.74, 6) is 0.808. The quantitative estimate of drug-likeness (QED) is 0.440. The third-order valence-electron chi connectivity index (χ3n) is 1.23. The number of carbonyl (C=O) groups is 1. The standard InChI is InChI=1S/C8H13O2/c1-4-7(3)6-10-8(9)5-2/h5H,2,4,6H2,1,3H3. The minimum atomic E-state index is -0.354. The molecule has 0 bridgehead atoms. The molecule has 0 atom stereocenters. The predicted molar refractivity (Wildman–Crippen MR) is 40.4 cm³/mol. The smallest absolute Gasteiger partial charge is 0.330 e. The van der Waals surface area contributed by atoms with Crippen molar-refractivity contribution in [1.29, 1.82) is 0 Å². The van der Waals surface area contributed by atoms with Crippen molar-refractivity contribution < 1.29 is 9.53 Å². The van der Waals surface area contributed by atoms with Crippen LogP contribution in [0.15, 0.2) is 12.7 Å². The molecule has 2 nitrogen and oxygen atoms in total. The first-order chi connectivity index (χ1) is 4.70. The van der Waals surface area contributed by atoms with Crippen LogP contribution in [0.25, 0.3) is 0 Å². The van der Waals surface area contributed by atoms with E-state index in [-0.39, 0.29) is 5.97 Å². The van der Waals surface area contributed by atoms with E-state index >= 15 is 0 Å². The van der Waals surface area contributed by atoms with Gasteiger partial charge in [0.05, 0.1) is 6.61 Å². The largest absolute Gasteiger partial charge is 0.462 e. The van der Waals surface area contributed by atoms with Gasteiger partial charge in [0.1, 0.15) is 0 Å². The Hall–Kier alpha value is -0.790. The van der Waals surface area contributed by atoms with Crippen molar-refractivity contribution in [3.05, 3.63) is 18.6 Å². The van der Waals surface area contributed by atoms with E-state index in [2.05, 4.69) is 6.58 Å². The van der Waals surface area contributed by atoms with Gasteiger partial charge in [-0.1, -0.05) is 20.4 Å². The molecule has 57 valence electrons. The molecule has 0 aromatic rings. The highest BCUT2D eigenvalue weighted by Crippen LogP contribution is 2.03. The van der Waals surface area contributed by atoms with Crippen LogP contribution in [0.3, 0.4) is 0 Å². The molecule has 0 heterocycles. The fourth-order valence-electron chi connectivity index (χ4n) is 0.355. The van der Waals surface area contributed by atoms with E-state index in [0.717, 1.165) is 12.3 Å². The lowest BCUT2D eigenvalue weighted by atomic mass is 10.1. The van der Waals surface area contributed by atoms with Crippen LogP contribution in [-0.2, 0) is 9.53 Å². The highest BCUT2D eigenvalue weighted by molar-refractivity contribution is 5.81. The van der Waals surface area contributed by atoms with E-state index in [1.165, 1.54) is 6.08 Å². The van der Waals surface area contributed by atoms with Crippen LogP contribution in [0.4, 0.5) is 0 Å². The summed E-state index contributed by atoms with van der Waals surface area (Å²) in [5.41, 5.74) is 0. The summed E-state index contributed by atoms with van der Waals surface area (Å²) in [4.78, 5) is 10.5. The van der Waals surface area contributed by atoms with Crippen molar-refractivity contribution in [2.45, 2.75) is 20.3 Å². The Morgan fingerprint density at radius 1 is 1.70 bits per heavy atom. The zero-order valence-corrected chi connectivity index (χ0v) is 6.52. The van der Waals surface area contributed by atoms with Crippen molar-refractivity contribution in [1.82, 2.24) is 0 Å². The molecule has 1 radical (unpaired) electrons. The van der Waals surface area contributed by atoms with Gasteiger partial charge < -0.3 is 4.74 Å². The second kappa shape index (κ2) is 5.03. The van der Waals surface area contributed by atoms with Crippen molar-refractivity contribution in [3.8, 4) is 0 Å². The lowest BCUT2D eigenvalue weighted by Crippen LogP contribution is -2.07. The number of rotatable bonds is 4. The Kier molecular flexibility index (Phi) is 4.63. The number of carbonyl (C=O) groups excluding carboxylic acids is 1. The van der Waals surface area contributed by atoms with Crippen molar-refractivity contribution in [3.63, 3.8) is 0 Å². The van der Waals surface area contributed by atoms with Gasteiger partial charge in [0.25, 0.3) is 0 Å². The first kappa shape index (κ1) is 9.21. The molecule has 0 unspecified atom stereocenters. The average molecular weight is 141 g/mol. The molecule has 0 saturated carbocycles. The van der Waals surface area contributed by atoms with Gasteiger partial charge in [-0.05, 0) is 6.42 Å². The molecule has 10 heavy (non-hydrogen) atoms. The Bertz CT molecular complexity index is 118. The minimum Gasteiger partial charge on any atom is -0.462 e. The summed E-state index contributed by atoms with van der Waals surface area (Å²) in [6, 6.07) is 0. The fourth-order valence-corrected chi connectivity index (χ4v) is 0.355. The molecule has 0 amide bonds. The Balaban J connectivity index is 3.34. The van der Waals surface area contributed by atoms with Gasteiger partial charge in [-0.15, -0.1) is 0 Å². The first-order valence-corrected chi connectivity index (χ1v) is 3.31. The van der Waals surface area contributed by atoms with Crippen LogP contribution in [0.2, 0.25) is 0 Å². The number of ether oxygens (including phenoxy) is 1. The van der Waals surface area contributed by atoms with Gasteiger partial charge in [-0.3, -0.25) is 0 Å². The molecule has 2 heteroatoms. The van der Waals surface area contributed by atoms with Gasteiger partial charge in [0.2, 0.25) is 0 Å². The third kappa shape index (κ3) is 4.13. The van der Waals surface area contributed by atoms with Crippen LogP contribution in [0, 0.1) is 5.92 Å². The Labute approximate surface area is 61.9 Å². The maximum absolute atomic E-state index is 10.5. The highest BCUT2D eigenvalue weighted by Gasteiger charge is 2.01. The zero-order valence-electron chi connectivity index (χ0n) is 6.52. The van der Waals surface area contributed by atoms with Gasteiger partial charge >= 0.3 is 5.97 Å². The van der Waals surface area contributed by atoms with Gasteiger partial charge in [0.15, 0.2) is 0 Å². The van der Waals surface area contributed by atoms with Crippen LogP contribution >= 0.6 is 0 Å². The second-order valence-electron chi connectivity index (χ2n) is 2.12. The number of esters is 1. The summed E-state index contributed by atoms with van der Waals surface area (Å²) < 4.78 is 4.75. The van der Waals surface area contributed by atoms with Crippen LogP contribution < -0.4 is 0 Å². The van der Waals surface area contributed by atoms with E-state index in [1.807, 2.05) is 13.8 Å². The summed E-state index contributed by atoms with van der Waals surface area (Å²) in [5, 5.41) is 0. The van der Waals surface area contributed by atoms with Crippen molar-refractivity contribution >= 4 is 5.97 Å². The van der Waals surface area contributed by atoms with Gasteiger partial charge in [-0.25, -0.2) is 4.79 Å². The molecule has 0 aromatic carbocycles. The van der Waals surface area contributed by atoms with Crippen molar-refractivity contribution in [2.75, 3.05) is 6.61 Å². The summed E-state index contributed by atoms with van der Waals surface area (Å²) in [7, 11) is 0. The second-order valence-corrected chi connectivity index (χ2v) is 2.12. The molecule has 0 aliphatic carbocycles. The molecule has 0 spiro atoms. The maximum atomic E-state index is 10.5. The van der Waals surface area contributed by atoms with Gasteiger partial charge in [-0.2, -0.15) is 0 Å². The fraction of sp³-hybridized carbons (Fsp3) is 0.500. The van der Waals surface area contributed by atoms with E-state index in [0.29, 0.717) is 6.61 Å². The Morgan fingerprint density at radius 3 is 2.70 bits per heavy atom.